The zero-order valence-electron chi connectivity index (χ0n) is 19.7. The molecule has 0 radical (unpaired) electrons. The highest BCUT2D eigenvalue weighted by molar-refractivity contribution is 5.99. The molecule has 3 N–H and O–H groups in total. The fraction of sp³-hybridized carbons (Fsp3) is 0.207. The highest BCUT2D eigenvalue weighted by atomic mass is 19.4. The molecule has 0 fully saturated rings. The molecule has 4 nitrogen and oxygen atoms in total. The number of carboxylic acid groups (broad SMARTS) is 1. The number of alkyl halides is 3. The summed E-state index contributed by atoms with van der Waals surface area (Å²) in [4.78, 5) is 11.0. The third-order valence-electron chi connectivity index (χ3n) is 5.68. The summed E-state index contributed by atoms with van der Waals surface area (Å²) in [6.45, 7) is 2.02. The van der Waals surface area contributed by atoms with E-state index in [-0.39, 0.29) is 22.6 Å². The van der Waals surface area contributed by atoms with Gasteiger partial charge < -0.3 is 15.3 Å². The molecule has 0 aliphatic carbocycles. The minimum Gasteiger partial charge on any atom is -0.508 e. The quantitative estimate of drug-likeness (QED) is 0.212. The van der Waals surface area contributed by atoms with Gasteiger partial charge in [0.2, 0.25) is 0 Å². The molecule has 3 rings (SSSR count). The molecule has 0 amide bonds. The van der Waals surface area contributed by atoms with Crippen molar-refractivity contribution in [3.8, 4) is 11.5 Å². The van der Waals surface area contributed by atoms with Gasteiger partial charge in [-0.1, -0.05) is 55.8 Å². The summed E-state index contributed by atoms with van der Waals surface area (Å²) in [6.07, 6.45) is -1.47. The van der Waals surface area contributed by atoms with Gasteiger partial charge in [-0.3, -0.25) is 0 Å². The van der Waals surface area contributed by atoms with Gasteiger partial charge in [0.05, 0.1) is 6.42 Å². The average molecular weight is 497 g/mol. The molecule has 7 heteroatoms. The molecular formula is C29H27F3O4. The van der Waals surface area contributed by atoms with E-state index in [4.69, 9.17) is 5.11 Å². The molecular weight excluding hydrogens is 469 g/mol. The summed E-state index contributed by atoms with van der Waals surface area (Å²) < 4.78 is 40.3. The van der Waals surface area contributed by atoms with Gasteiger partial charge in [0.15, 0.2) is 0 Å². The van der Waals surface area contributed by atoms with E-state index in [0.29, 0.717) is 12.0 Å². The van der Waals surface area contributed by atoms with Gasteiger partial charge in [-0.25, -0.2) is 4.79 Å². The van der Waals surface area contributed by atoms with Crippen LogP contribution in [-0.4, -0.2) is 27.5 Å². The number of aliphatic carboxylic acids is 1. The zero-order chi connectivity index (χ0) is 26.3. The number of benzene rings is 3. The van der Waals surface area contributed by atoms with Gasteiger partial charge in [0.25, 0.3) is 0 Å². The Hall–Kier alpha value is -4.00. The number of allylic oxidation sites excluding steroid dienone is 1. The predicted octanol–water partition coefficient (Wildman–Crippen LogP) is 7.45. The molecule has 0 spiro atoms. The number of unbranched alkanes of at least 4 members (excludes halogenated alkanes) is 1. The smallest absolute Gasteiger partial charge is 0.393 e. The van der Waals surface area contributed by atoms with Gasteiger partial charge in [-0.15, -0.1) is 0 Å². The summed E-state index contributed by atoms with van der Waals surface area (Å²) in [5, 5.41) is 28.6. The molecule has 0 bridgehead atoms. The van der Waals surface area contributed by atoms with Crippen molar-refractivity contribution in [2.24, 2.45) is 0 Å². The highest BCUT2D eigenvalue weighted by Gasteiger charge is 2.29. The summed E-state index contributed by atoms with van der Waals surface area (Å²) in [5.74, 6) is -1.08. The number of rotatable bonds is 9. The van der Waals surface area contributed by atoms with Crippen molar-refractivity contribution in [3.63, 3.8) is 0 Å². The van der Waals surface area contributed by atoms with Crippen LogP contribution in [0.2, 0.25) is 0 Å². The Bertz CT molecular complexity index is 1210. The number of aromatic hydroxyl groups is 2. The molecule has 0 unspecified atom stereocenters. The first-order valence-corrected chi connectivity index (χ1v) is 11.5. The van der Waals surface area contributed by atoms with Gasteiger partial charge in [0.1, 0.15) is 11.5 Å². The molecule has 0 saturated carbocycles. The van der Waals surface area contributed by atoms with Crippen molar-refractivity contribution in [2.75, 3.05) is 0 Å². The van der Waals surface area contributed by atoms with Gasteiger partial charge in [0, 0.05) is 6.08 Å². The maximum absolute atomic E-state index is 13.4. The number of halogens is 3. The van der Waals surface area contributed by atoms with Crippen LogP contribution in [0.3, 0.4) is 0 Å². The topological polar surface area (TPSA) is 77.8 Å². The molecule has 3 aromatic carbocycles. The Labute approximate surface area is 207 Å². The first-order chi connectivity index (χ1) is 17.1. The van der Waals surface area contributed by atoms with E-state index >= 15 is 0 Å². The lowest BCUT2D eigenvalue weighted by atomic mass is 9.85. The Balaban J connectivity index is 2.30. The van der Waals surface area contributed by atoms with Crippen LogP contribution in [0.5, 0.6) is 11.5 Å². The second-order valence-electron chi connectivity index (χ2n) is 8.43. The molecule has 0 saturated heterocycles. The second kappa shape index (κ2) is 11.6. The van der Waals surface area contributed by atoms with E-state index < -0.39 is 18.6 Å². The second-order valence-corrected chi connectivity index (χ2v) is 8.43. The van der Waals surface area contributed by atoms with E-state index in [9.17, 15) is 28.2 Å². The number of carboxylic acids is 1. The van der Waals surface area contributed by atoms with Crippen molar-refractivity contribution >= 4 is 23.2 Å². The fourth-order valence-electron chi connectivity index (χ4n) is 4.02. The normalized spacial score (nSPS) is 11.6. The molecule has 0 heterocycles. The van der Waals surface area contributed by atoms with Crippen LogP contribution in [0.1, 0.15) is 54.0 Å². The maximum atomic E-state index is 13.4. The number of hydrogen-bond donors (Lipinski definition) is 3. The largest absolute Gasteiger partial charge is 0.508 e. The van der Waals surface area contributed by atoms with Crippen molar-refractivity contribution < 1.29 is 33.3 Å². The Morgan fingerprint density at radius 1 is 0.861 bits per heavy atom. The van der Waals surface area contributed by atoms with Crippen LogP contribution < -0.4 is 0 Å². The molecule has 3 aromatic rings. The molecule has 188 valence electrons. The zero-order valence-corrected chi connectivity index (χ0v) is 19.7. The number of phenols is 2. The van der Waals surface area contributed by atoms with Crippen LogP contribution in [0.15, 0.2) is 72.8 Å². The Kier molecular flexibility index (Phi) is 8.59. The minimum atomic E-state index is -4.48. The third kappa shape index (κ3) is 7.25. The van der Waals surface area contributed by atoms with Gasteiger partial charge in [-0.2, -0.15) is 13.2 Å². The van der Waals surface area contributed by atoms with Crippen LogP contribution >= 0.6 is 0 Å². The van der Waals surface area contributed by atoms with Crippen LogP contribution in [0, 0.1) is 0 Å². The van der Waals surface area contributed by atoms with Gasteiger partial charge in [-0.05, 0) is 82.1 Å². The standard InChI is InChI=1S/C29H27F3O4/c1-2-3-4-26(22-6-5-19(11-16-27(35)36)23(17-22)18-29(30,31)32)28(20-7-12-24(33)13-8-20)21-9-14-25(34)15-10-21/h5-17,33-34H,2-4,18H2,1H3,(H,35,36). The molecule has 36 heavy (non-hydrogen) atoms. The number of carbonyl (C=O) groups is 1. The third-order valence-corrected chi connectivity index (χ3v) is 5.68. The lowest BCUT2D eigenvalue weighted by Crippen LogP contribution is -2.13. The minimum absolute atomic E-state index is 0.0257. The van der Waals surface area contributed by atoms with Crippen LogP contribution in [-0.2, 0) is 11.2 Å². The lowest BCUT2D eigenvalue weighted by molar-refractivity contribution is -0.131. The maximum Gasteiger partial charge on any atom is 0.393 e. The summed E-state index contributed by atoms with van der Waals surface area (Å²) in [6, 6.07) is 17.8. The summed E-state index contributed by atoms with van der Waals surface area (Å²) in [7, 11) is 0. The first-order valence-electron chi connectivity index (χ1n) is 11.5. The van der Waals surface area contributed by atoms with E-state index in [1.54, 1.807) is 54.6 Å². The summed E-state index contributed by atoms with van der Waals surface area (Å²) in [5.41, 5.74) is 3.85. The monoisotopic (exact) mass is 496 g/mol. The number of hydrogen-bond acceptors (Lipinski definition) is 3. The Morgan fingerprint density at radius 2 is 1.39 bits per heavy atom. The van der Waals surface area contributed by atoms with E-state index in [2.05, 4.69) is 0 Å². The van der Waals surface area contributed by atoms with Crippen LogP contribution in [0.4, 0.5) is 13.2 Å². The SMILES string of the molecule is CCCCC(=C(c1ccc(O)cc1)c1ccc(O)cc1)c1ccc(C=CC(=O)O)c(CC(F)(F)F)c1. The Morgan fingerprint density at radius 3 is 1.86 bits per heavy atom. The molecule has 0 atom stereocenters. The van der Waals surface area contributed by atoms with E-state index in [0.717, 1.165) is 41.2 Å². The predicted molar refractivity (Wildman–Crippen MR) is 135 cm³/mol. The molecule has 0 aliphatic rings. The summed E-state index contributed by atoms with van der Waals surface area (Å²) >= 11 is 0. The first kappa shape index (κ1) is 26.6. The lowest BCUT2D eigenvalue weighted by Gasteiger charge is -2.19. The van der Waals surface area contributed by atoms with Crippen molar-refractivity contribution in [2.45, 2.75) is 38.8 Å². The van der Waals surface area contributed by atoms with Gasteiger partial charge >= 0.3 is 12.1 Å². The highest BCUT2D eigenvalue weighted by Crippen LogP contribution is 2.38. The fourth-order valence-corrected chi connectivity index (χ4v) is 4.02. The molecule has 0 aromatic heterocycles. The molecule has 0 aliphatic heterocycles. The van der Waals surface area contributed by atoms with Crippen LogP contribution in [0.25, 0.3) is 17.2 Å². The number of phenolic OH excluding ortho intramolecular Hbond substituents is 2. The average Bonchev–Trinajstić information content (AvgIpc) is 2.81. The van der Waals surface area contributed by atoms with Crippen molar-refractivity contribution in [1.29, 1.82) is 0 Å². The van der Waals surface area contributed by atoms with E-state index in [1.807, 2.05) is 6.92 Å². The van der Waals surface area contributed by atoms with Crippen molar-refractivity contribution in [1.82, 2.24) is 0 Å². The van der Waals surface area contributed by atoms with Crippen molar-refractivity contribution in [3.05, 3.63) is 101 Å². The van der Waals surface area contributed by atoms with E-state index in [1.165, 1.54) is 18.2 Å².